The molecule has 23 heavy (non-hydrogen) atoms. The second kappa shape index (κ2) is 6.50. The molecule has 2 aromatic rings. The molecule has 0 bridgehead atoms. The summed E-state index contributed by atoms with van der Waals surface area (Å²) in [6, 6.07) is 8.06. The summed E-state index contributed by atoms with van der Waals surface area (Å²) < 4.78 is 7.09. The highest BCUT2D eigenvalue weighted by Crippen LogP contribution is 2.23. The van der Waals surface area contributed by atoms with E-state index in [4.69, 9.17) is 4.74 Å². The molecule has 3 rings (SSSR count). The normalized spacial score (nSPS) is 15.2. The Morgan fingerprint density at radius 3 is 2.43 bits per heavy atom. The topological polar surface area (TPSA) is 60.2 Å². The molecular formula is C17H22N4O2. The van der Waals surface area contributed by atoms with Crippen molar-refractivity contribution in [3.05, 3.63) is 41.2 Å². The molecule has 6 heteroatoms. The molecule has 0 unspecified atom stereocenters. The van der Waals surface area contributed by atoms with Gasteiger partial charge in [0.2, 0.25) is 0 Å². The van der Waals surface area contributed by atoms with Crippen molar-refractivity contribution in [2.45, 2.75) is 26.7 Å². The van der Waals surface area contributed by atoms with Gasteiger partial charge in [0, 0.05) is 13.1 Å². The van der Waals surface area contributed by atoms with Gasteiger partial charge in [0.25, 0.3) is 5.91 Å². The van der Waals surface area contributed by atoms with Crippen molar-refractivity contribution in [3.8, 4) is 5.69 Å². The second-order valence-electron chi connectivity index (χ2n) is 6.13. The van der Waals surface area contributed by atoms with Gasteiger partial charge in [-0.1, -0.05) is 36.8 Å². The molecule has 0 atom stereocenters. The summed E-state index contributed by atoms with van der Waals surface area (Å²) in [5, 5.41) is 8.43. The Bertz CT molecular complexity index is 685. The van der Waals surface area contributed by atoms with Gasteiger partial charge in [0.05, 0.1) is 24.6 Å². The van der Waals surface area contributed by atoms with Crippen LogP contribution in [0.25, 0.3) is 5.69 Å². The molecular weight excluding hydrogens is 292 g/mol. The van der Waals surface area contributed by atoms with E-state index in [-0.39, 0.29) is 11.8 Å². The average Bonchev–Trinajstić information content (AvgIpc) is 3.01. The number of benzene rings is 1. The minimum absolute atomic E-state index is 0.0599. The number of rotatable bonds is 3. The lowest BCUT2D eigenvalue weighted by atomic mass is 10.1. The molecule has 0 radical (unpaired) electrons. The van der Waals surface area contributed by atoms with E-state index in [2.05, 4.69) is 24.2 Å². The largest absolute Gasteiger partial charge is 0.378 e. The Labute approximate surface area is 136 Å². The first-order chi connectivity index (χ1) is 11.1. The molecule has 1 fully saturated rings. The van der Waals surface area contributed by atoms with Crippen molar-refractivity contribution in [3.63, 3.8) is 0 Å². The summed E-state index contributed by atoms with van der Waals surface area (Å²) in [5.41, 5.74) is 3.41. The number of nitrogens with zero attached hydrogens (tertiary/aromatic N) is 4. The highest BCUT2D eigenvalue weighted by molar-refractivity contribution is 5.93. The number of aromatic nitrogens is 3. The van der Waals surface area contributed by atoms with Crippen LogP contribution in [0.4, 0.5) is 0 Å². The Morgan fingerprint density at radius 1 is 1.17 bits per heavy atom. The van der Waals surface area contributed by atoms with E-state index in [0.29, 0.717) is 32.0 Å². The molecule has 2 heterocycles. The maximum Gasteiger partial charge on any atom is 0.276 e. The molecule has 1 saturated heterocycles. The Morgan fingerprint density at radius 2 is 1.83 bits per heavy atom. The van der Waals surface area contributed by atoms with Crippen molar-refractivity contribution in [1.82, 2.24) is 19.9 Å². The molecule has 1 aromatic carbocycles. The van der Waals surface area contributed by atoms with Gasteiger partial charge in [-0.05, 0) is 25.0 Å². The standard InChI is InChI=1S/C17H22N4O2/c1-12(2)16-15(17(22)20-8-10-23-11-9-20)18-19-21(16)14-6-4-13(3)5-7-14/h4-7,12H,8-11H2,1-3H3. The number of amides is 1. The third-order valence-electron chi connectivity index (χ3n) is 4.03. The van der Waals surface area contributed by atoms with E-state index in [9.17, 15) is 4.79 Å². The van der Waals surface area contributed by atoms with Crippen molar-refractivity contribution in [2.24, 2.45) is 0 Å². The monoisotopic (exact) mass is 314 g/mol. The summed E-state index contributed by atoms with van der Waals surface area (Å²) >= 11 is 0. The lowest BCUT2D eigenvalue weighted by Gasteiger charge is -2.26. The summed E-state index contributed by atoms with van der Waals surface area (Å²) in [7, 11) is 0. The summed E-state index contributed by atoms with van der Waals surface area (Å²) in [6.45, 7) is 8.52. The van der Waals surface area contributed by atoms with Crippen molar-refractivity contribution < 1.29 is 9.53 Å². The minimum Gasteiger partial charge on any atom is -0.378 e. The lowest BCUT2D eigenvalue weighted by molar-refractivity contribution is 0.0298. The highest BCUT2D eigenvalue weighted by Gasteiger charge is 2.27. The molecule has 0 aliphatic carbocycles. The molecule has 0 N–H and O–H groups in total. The fraction of sp³-hybridized carbons (Fsp3) is 0.471. The van der Waals surface area contributed by atoms with Crippen LogP contribution in [-0.4, -0.2) is 52.1 Å². The smallest absolute Gasteiger partial charge is 0.276 e. The Kier molecular flexibility index (Phi) is 4.43. The van der Waals surface area contributed by atoms with Crippen molar-refractivity contribution in [2.75, 3.05) is 26.3 Å². The molecule has 6 nitrogen and oxygen atoms in total. The third kappa shape index (κ3) is 3.12. The zero-order valence-electron chi connectivity index (χ0n) is 13.8. The zero-order chi connectivity index (χ0) is 16.4. The number of hydrogen-bond donors (Lipinski definition) is 0. The molecule has 122 valence electrons. The van der Waals surface area contributed by atoms with Crippen LogP contribution >= 0.6 is 0 Å². The zero-order valence-corrected chi connectivity index (χ0v) is 13.8. The van der Waals surface area contributed by atoms with Crippen LogP contribution < -0.4 is 0 Å². The Balaban J connectivity index is 1.98. The number of ether oxygens (including phenoxy) is 1. The van der Waals surface area contributed by atoms with Crippen LogP contribution in [0.5, 0.6) is 0 Å². The summed E-state index contributed by atoms with van der Waals surface area (Å²) in [6.07, 6.45) is 0. The van der Waals surface area contributed by atoms with Gasteiger partial charge < -0.3 is 9.64 Å². The van der Waals surface area contributed by atoms with E-state index < -0.39 is 0 Å². The van der Waals surface area contributed by atoms with Crippen molar-refractivity contribution in [1.29, 1.82) is 0 Å². The SMILES string of the molecule is Cc1ccc(-n2nnc(C(=O)N3CCOCC3)c2C(C)C)cc1. The van der Waals surface area contributed by atoms with Gasteiger partial charge in [0.15, 0.2) is 5.69 Å². The van der Waals surface area contributed by atoms with E-state index in [1.54, 1.807) is 9.58 Å². The summed E-state index contributed by atoms with van der Waals surface area (Å²) in [5.74, 6) is 0.0849. The first-order valence-electron chi connectivity index (χ1n) is 7.97. The summed E-state index contributed by atoms with van der Waals surface area (Å²) in [4.78, 5) is 14.6. The van der Waals surface area contributed by atoms with Crippen LogP contribution in [0.1, 0.15) is 41.5 Å². The quantitative estimate of drug-likeness (QED) is 0.871. The number of aryl methyl sites for hydroxylation is 1. The first-order valence-corrected chi connectivity index (χ1v) is 7.97. The van der Waals surface area contributed by atoms with Crippen LogP contribution in [0.15, 0.2) is 24.3 Å². The minimum atomic E-state index is -0.0599. The number of carbonyl (C=O) groups is 1. The predicted octanol–water partition coefficient (Wildman–Crippen LogP) is 2.17. The van der Waals surface area contributed by atoms with Gasteiger partial charge in [-0.25, -0.2) is 4.68 Å². The molecule has 0 saturated carbocycles. The van der Waals surface area contributed by atoms with E-state index in [1.807, 2.05) is 31.2 Å². The molecule has 1 amide bonds. The van der Waals surface area contributed by atoms with Crippen LogP contribution in [0.2, 0.25) is 0 Å². The molecule has 1 aliphatic heterocycles. The van der Waals surface area contributed by atoms with Crippen LogP contribution in [0, 0.1) is 6.92 Å². The molecule has 0 spiro atoms. The van der Waals surface area contributed by atoms with Gasteiger partial charge in [-0.2, -0.15) is 0 Å². The second-order valence-corrected chi connectivity index (χ2v) is 6.13. The number of hydrogen-bond acceptors (Lipinski definition) is 4. The van der Waals surface area contributed by atoms with Gasteiger partial charge in [-0.15, -0.1) is 5.10 Å². The number of morpholine rings is 1. The Hall–Kier alpha value is -2.21. The molecule has 1 aliphatic rings. The van der Waals surface area contributed by atoms with Gasteiger partial charge >= 0.3 is 0 Å². The maximum atomic E-state index is 12.8. The van der Waals surface area contributed by atoms with Gasteiger partial charge in [0.1, 0.15) is 0 Å². The fourth-order valence-corrected chi connectivity index (χ4v) is 2.75. The van der Waals surface area contributed by atoms with Crippen LogP contribution in [-0.2, 0) is 4.74 Å². The number of carbonyl (C=O) groups excluding carboxylic acids is 1. The fourth-order valence-electron chi connectivity index (χ4n) is 2.75. The van der Waals surface area contributed by atoms with Gasteiger partial charge in [-0.3, -0.25) is 4.79 Å². The first kappa shape index (κ1) is 15.7. The molecule has 1 aromatic heterocycles. The third-order valence-corrected chi connectivity index (χ3v) is 4.03. The lowest BCUT2D eigenvalue weighted by Crippen LogP contribution is -2.41. The van der Waals surface area contributed by atoms with Crippen LogP contribution in [0.3, 0.4) is 0 Å². The predicted molar refractivity (Wildman–Crippen MR) is 86.9 cm³/mol. The van der Waals surface area contributed by atoms with E-state index in [0.717, 1.165) is 11.4 Å². The highest BCUT2D eigenvalue weighted by atomic mass is 16.5. The average molecular weight is 314 g/mol. The maximum absolute atomic E-state index is 12.8. The van der Waals surface area contributed by atoms with Crippen molar-refractivity contribution >= 4 is 5.91 Å². The van der Waals surface area contributed by atoms with E-state index >= 15 is 0 Å². The van der Waals surface area contributed by atoms with E-state index in [1.165, 1.54) is 5.56 Å².